The van der Waals surface area contributed by atoms with Gasteiger partial charge in [0, 0.05) is 12.5 Å². The highest BCUT2D eigenvalue weighted by Crippen LogP contribution is 2.32. The minimum Gasteiger partial charge on any atom is -0.373 e. The van der Waals surface area contributed by atoms with E-state index in [4.69, 9.17) is 4.74 Å². The Balaban J connectivity index is 1.98. The third kappa shape index (κ3) is 4.21. The minimum atomic E-state index is -4.10. The summed E-state index contributed by atoms with van der Waals surface area (Å²) in [4.78, 5) is 0. The lowest BCUT2D eigenvalue weighted by Crippen LogP contribution is -2.31. The Morgan fingerprint density at radius 3 is 2.80 bits per heavy atom. The van der Waals surface area contributed by atoms with E-state index in [9.17, 15) is 13.2 Å². The number of nitrogens with one attached hydrogen (secondary N) is 1. The van der Waals surface area contributed by atoms with Gasteiger partial charge in [-0.05, 0) is 37.4 Å². The Labute approximate surface area is 117 Å². The van der Waals surface area contributed by atoms with Crippen LogP contribution < -0.4 is 5.32 Å². The van der Waals surface area contributed by atoms with E-state index < -0.39 is 12.6 Å². The lowest BCUT2D eigenvalue weighted by atomic mass is 9.92. The molecule has 0 bridgehead atoms. The van der Waals surface area contributed by atoms with Gasteiger partial charge >= 0.3 is 6.18 Å². The zero-order valence-corrected chi connectivity index (χ0v) is 11.5. The predicted octanol–water partition coefficient (Wildman–Crippen LogP) is 3.62. The number of alkyl halides is 3. The molecule has 1 aliphatic heterocycles. The van der Waals surface area contributed by atoms with Crippen LogP contribution in [-0.4, -0.2) is 25.9 Å². The first-order valence-corrected chi connectivity index (χ1v) is 6.93. The second-order valence-corrected chi connectivity index (χ2v) is 5.18. The average molecular weight is 287 g/mol. The van der Waals surface area contributed by atoms with Gasteiger partial charge in [-0.3, -0.25) is 0 Å². The highest BCUT2D eigenvalue weighted by atomic mass is 19.4. The Morgan fingerprint density at radius 1 is 1.35 bits per heavy atom. The summed E-state index contributed by atoms with van der Waals surface area (Å²) in [6, 6.07) is 7.82. The SMILES string of the molecule is CNC(CCC(F)(F)F)CC1OCCc2ccccc21. The van der Waals surface area contributed by atoms with Crippen LogP contribution in [0.4, 0.5) is 13.2 Å². The maximum atomic E-state index is 12.3. The number of hydrogen-bond acceptors (Lipinski definition) is 2. The van der Waals surface area contributed by atoms with E-state index in [0.29, 0.717) is 13.0 Å². The highest BCUT2D eigenvalue weighted by molar-refractivity contribution is 5.31. The van der Waals surface area contributed by atoms with Crippen molar-refractivity contribution in [3.05, 3.63) is 35.4 Å². The summed E-state index contributed by atoms with van der Waals surface area (Å²) in [5.41, 5.74) is 2.36. The zero-order valence-electron chi connectivity index (χ0n) is 11.5. The first kappa shape index (κ1) is 15.3. The van der Waals surface area contributed by atoms with Gasteiger partial charge in [0.25, 0.3) is 0 Å². The number of hydrogen-bond donors (Lipinski definition) is 1. The molecule has 0 aromatic heterocycles. The molecule has 112 valence electrons. The normalized spacial score (nSPS) is 20.5. The molecule has 1 heterocycles. The number of rotatable bonds is 5. The van der Waals surface area contributed by atoms with Gasteiger partial charge in [-0.1, -0.05) is 24.3 Å². The van der Waals surface area contributed by atoms with Crippen LogP contribution in [-0.2, 0) is 11.2 Å². The minimum absolute atomic E-state index is 0.0853. The van der Waals surface area contributed by atoms with Gasteiger partial charge in [0.2, 0.25) is 0 Å². The number of halogens is 3. The van der Waals surface area contributed by atoms with Crippen LogP contribution in [0.25, 0.3) is 0 Å². The third-order valence-electron chi connectivity index (χ3n) is 3.78. The Bertz CT molecular complexity index is 433. The van der Waals surface area contributed by atoms with E-state index in [0.717, 1.165) is 12.0 Å². The van der Waals surface area contributed by atoms with Crippen molar-refractivity contribution in [2.24, 2.45) is 0 Å². The standard InChI is InChI=1S/C15H20F3NO/c1-19-12(6-8-15(16,17)18)10-14-13-5-3-2-4-11(13)7-9-20-14/h2-5,12,14,19H,6-10H2,1H3. The van der Waals surface area contributed by atoms with E-state index in [2.05, 4.69) is 11.4 Å². The van der Waals surface area contributed by atoms with Crippen molar-refractivity contribution in [2.45, 2.75) is 44.0 Å². The fraction of sp³-hybridized carbons (Fsp3) is 0.600. The zero-order chi connectivity index (χ0) is 14.6. The lowest BCUT2D eigenvalue weighted by molar-refractivity contribution is -0.137. The molecule has 2 unspecified atom stereocenters. The predicted molar refractivity (Wildman–Crippen MR) is 71.6 cm³/mol. The fourth-order valence-corrected chi connectivity index (χ4v) is 2.65. The highest BCUT2D eigenvalue weighted by Gasteiger charge is 2.30. The van der Waals surface area contributed by atoms with Crippen molar-refractivity contribution >= 4 is 0 Å². The molecule has 0 spiro atoms. The molecular formula is C15H20F3NO. The largest absolute Gasteiger partial charge is 0.389 e. The topological polar surface area (TPSA) is 21.3 Å². The number of benzene rings is 1. The van der Waals surface area contributed by atoms with Gasteiger partial charge in [-0.25, -0.2) is 0 Å². The van der Waals surface area contributed by atoms with Crippen LogP contribution in [0.15, 0.2) is 24.3 Å². The molecule has 1 aromatic rings. The molecule has 1 N–H and O–H groups in total. The van der Waals surface area contributed by atoms with Crippen molar-refractivity contribution in [1.82, 2.24) is 5.32 Å². The molecule has 0 saturated carbocycles. The van der Waals surface area contributed by atoms with Gasteiger partial charge < -0.3 is 10.1 Å². The van der Waals surface area contributed by atoms with Gasteiger partial charge in [0.05, 0.1) is 12.7 Å². The summed E-state index contributed by atoms with van der Waals surface area (Å²) in [5, 5.41) is 2.97. The molecular weight excluding hydrogens is 267 g/mol. The lowest BCUT2D eigenvalue weighted by Gasteiger charge is -2.29. The first-order valence-electron chi connectivity index (χ1n) is 6.93. The van der Waals surface area contributed by atoms with Crippen LogP contribution in [0.2, 0.25) is 0 Å². The Morgan fingerprint density at radius 2 is 2.10 bits per heavy atom. The van der Waals surface area contributed by atoms with E-state index >= 15 is 0 Å². The van der Waals surface area contributed by atoms with Crippen LogP contribution in [0.1, 0.15) is 36.5 Å². The Kier molecular flexibility index (Phi) is 5.05. The summed E-state index contributed by atoms with van der Waals surface area (Å²) in [7, 11) is 1.70. The van der Waals surface area contributed by atoms with Crippen molar-refractivity contribution < 1.29 is 17.9 Å². The summed E-state index contributed by atoms with van der Waals surface area (Å²) in [6.45, 7) is 0.636. The Hall–Kier alpha value is -1.07. The van der Waals surface area contributed by atoms with Crippen LogP contribution in [0.5, 0.6) is 0 Å². The van der Waals surface area contributed by atoms with Crippen molar-refractivity contribution in [1.29, 1.82) is 0 Å². The second-order valence-electron chi connectivity index (χ2n) is 5.18. The summed E-state index contributed by atoms with van der Waals surface area (Å²) in [6.07, 6.45) is -3.43. The van der Waals surface area contributed by atoms with Gasteiger partial charge in [-0.2, -0.15) is 13.2 Å². The molecule has 1 aliphatic rings. The van der Waals surface area contributed by atoms with Crippen molar-refractivity contribution in [3.63, 3.8) is 0 Å². The maximum absolute atomic E-state index is 12.3. The first-order chi connectivity index (χ1) is 9.49. The molecule has 0 fully saturated rings. The van der Waals surface area contributed by atoms with E-state index in [1.54, 1.807) is 7.05 Å². The van der Waals surface area contributed by atoms with E-state index in [1.807, 2.05) is 18.2 Å². The van der Waals surface area contributed by atoms with E-state index in [1.165, 1.54) is 5.56 Å². The van der Waals surface area contributed by atoms with Gasteiger partial charge in [-0.15, -0.1) is 0 Å². The quantitative estimate of drug-likeness (QED) is 0.893. The monoisotopic (exact) mass is 287 g/mol. The molecule has 0 aliphatic carbocycles. The molecule has 1 aromatic carbocycles. The van der Waals surface area contributed by atoms with Crippen LogP contribution in [0.3, 0.4) is 0 Å². The fourth-order valence-electron chi connectivity index (χ4n) is 2.65. The summed E-state index contributed by atoms with van der Waals surface area (Å²) >= 11 is 0. The third-order valence-corrected chi connectivity index (χ3v) is 3.78. The van der Waals surface area contributed by atoms with Gasteiger partial charge in [0.1, 0.15) is 0 Å². The molecule has 5 heteroatoms. The molecule has 2 nitrogen and oxygen atoms in total. The van der Waals surface area contributed by atoms with E-state index in [-0.39, 0.29) is 18.6 Å². The maximum Gasteiger partial charge on any atom is 0.389 e. The number of fused-ring (bicyclic) bond motifs is 1. The van der Waals surface area contributed by atoms with Crippen molar-refractivity contribution in [3.8, 4) is 0 Å². The van der Waals surface area contributed by atoms with Crippen LogP contribution >= 0.6 is 0 Å². The van der Waals surface area contributed by atoms with Gasteiger partial charge in [0.15, 0.2) is 0 Å². The molecule has 20 heavy (non-hydrogen) atoms. The summed E-state index contributed by atoms with van der Waals surface area (Å²) in [5.74, 6) is 0. The average Bonchev–Trinajstić information content (AvgIpc) is 2.42. The second kappa shape index (κ2) is 6.59. The molecule has 2 atom stereocenters. The van der Waals surface area contributed by atoms with Crippen molar-refractivity contribution in [2.75, 3.05) is 13.7 Å². The molecule has 2 rings (SSSR count). The molecule has 0 amide bonds. The summed E-state index contributed by atoms with van der Waals surface area (Å²) < 4.78 is 42.7. The molecule has 0 radical (unpaired) electrons. The molecule has 0 saturated heterocycles. The smallest absolute Gasteiger partial charge is 0.373 e. The van der Waals surface area contributed by atoms with Crippen LogP contribution in [0, 0.1) is 0 Å². The number of ether oxygens (including phenoxy) is 1.